The van der Waals surface area contributed by atoms with E-state index < -0.39 is 31.0 Å². The van der Waals surface area contributed by atoms with Crippen LogP contribution in [0.15, 0.2) is 23.1 Å². The second-order valence-corrected chi connectivity index (χ2v) is 5.24. The molecule has 0 aromatic heterocycles. The Kier molecular flexibility index (Phi) is 4.24. The van der Waals surface area contributed by atoms with Gasteiger partial charge in [-0.05, 0) is 5.56 Å². The van der Waals surface area contributed by atoms with Gasteiger partial charge < -0.3 is 0 Å². The van der Waals surface area contributed by atoms with Crippen LogP contribution in [-0.4, -0.2) is 23.3 Å². The fraction of sp³-hybridized carbons (Fsp3) is 0.222. The van der Waals surface area contributed by atoms with Gasteiger partial charge in [-0.15, -0.1) is 11.6 Å². The lowest BCUT2D eigenvalue weighted by molar-refractivity contribution is -0.385. The summed E-state index contributed by atoms with van der Waals surface area (Å²) in [6.07, 6.45) is -0.148. The lowest BCUT2D eigenvalue weighted by Crippen LogP contribution is -2.08. The summed E-state index contributed by atoms with van der Waals surface area (Å²) in [5.41, 5.74) is -0.431. The van der Waals surface area contributed by atoms with E-state index in [9.17, 15) is 18.5 Å². The van der Waals surface area contributed by atoms with Crippen LogP contribution in [-0.2, 0) is 16.5 Å². The van der Waals surface area contributed by atoms with Crippen molar-refractivity contribution in [1.82, 2.24) is 0 Å². The smallest absolute Gasteiger partial charge is 0.282 e. The molecule has 0 fully saturated rings. The van der Waals surface area contributed by atoms with Crippen LogP contribution in [0.3, 0.4) is 0 Å². The summed E-state index contributed by atoms with van der Waals surface area (Å²) >= 11 is 5.55. The summed E-state index contributed by atoms with van der Waals surface area (Å²) in [6, 6.07) is 4.63. The lowest BCUT2D eigenvalue weighted by Gasteiger charge is -2.07. The first-order valence-electron chi connectivity index (χ1n) is 4.54. The van der Waals surface area contributed by atoms with Crippen molar-refractivity contribution in [3.63, 3.8) is 0 Å². The molecule has 0 saturated carbocycles. The van der Waals surface area contributed by atoms with Crippen molar-refractivity contribution in [3.8, 4) is 6.07 Å². The molecule has 1 unspecified atom stereocenters. The van der Waals surface area contributed by atoms with E-state index in [1.54, 1.807) is 6.07 Å². The van der Waals surface area contributed by atoms with Crippen molar-refractivity contribution < 1.29 is 17.9 Å². The molecule has 0 radical (unpaired) electrons. The van der Waals surface area contributed by atoms with Gasteiger partial charge >= 0.3 is 0 Å². The molecular formula is C9H7ClN2O5S. The zero-order valence-electron chi connectivity index (χ0n) is 8.78. The number of nitrogens with zero attached hydrogens (tertiary/aromatic N) is 2. The second kappa shape index (κ2) is 5.30. The molecule has 1 atom stereocenters. The summed E-state index contributed by atoms with van der Waals surface area (Å²) < 4.78 is 31.2. The number of hydrogen-bond acceptors (Lipinski definition) is 5. The molecule has 0 heterocycles. The van der Waals surface area contributed by atoms with Crippen molar-refractivity contribution in [3.05, 3.63) is 33.9 Å². The predicted molar refractivity (Wildman–Crippen MR) is 61.9 cm³/mol. The summed E-state index contributed by atoms with van der Waals surface area (Å²) in [5, 5.41) is 18.1. The van der Waals surface area contributed by atoms with Gasteiger partial charge in [-0.3, -0.25) is 14.7 Å². The molecule has 0 saturated heterocycles. The third kappa shape index (κ3) is 3.40. The molecule has 1 aromatic rings. The summed E-state index contributed by atoms with van der Waals surface area (Å²) in [5.74, 6) is 0. The molecule has 0 amide bonds. The van der Waals surface area contributed by atoms with Crippen LogP contribution >= 0.6 is 11.6 Å². The molecule has 7 nitrogen and oxygen atoms in total. The van der Waals surface area contributed by atoms with E-state index >= 15 is 0 Å². The summed E-state index contributed by atoms with van der Waals surface area (Å²) in [7, 11) is -4.62. The molecule has 18 heavy (non-hydrogen) atoms. The monoisotopic (exact) mass is 290 g/mol. The number of nitro benzene ring substituents is 1. The highest BCUT2D eigenvalue weighted by Crippen LogP contribution is 2.24. The molecule has 1 rings (SSSR count). The van der Waals surface area contributed by atoms with Gasteiger partial charge in [-0.2, -0.15) is 13.7 Å². The third-order valence-electron chi connectivity index (χ3n) is 2.08. The maximum absolute atomic E-state index is 11.1. The van der Waals surface area contributed by atoms with Crippen LogP contribution in [0, 0.1) is 21.4 Å². The summed E-state index contributed by atoms with van der Waals surface area (Å²) in [4.78, 5) is 9.12. The molecule has 96 valence electrons. The Morgan fingerprint density at radius 3 is 2.61 bits per heavy atom. The van der Waals surface area contributed by atoms with E-state index in [2.05, 4.69) is 0 Å². The average Bonchev–Trinajstić information content (AvgIpc) is 2.27. The molecule has 1 aromatic carbocycles. The fourth-order valence-corrected chi connectivity index (χ4v) is 2.22. The van der Waals surface area contributed by atoms with E-state index in [1.807, 2.05) is 0 Å². The van der Waals surface area contributed by atoms with Crippen molar-refractivity contribution in [2.75, 3.05) is 0 Å². The lowest BCUT2D eigenvalue weighted by atomic mass is 10.1. The van der Waals surface area contributed by atoms with Crippen LogP contribution < -0.4 is 0 Å². The summed E-state index contributed by atoms with van der Waals surface area (Å²) in [6.45, 7) is 0. The number of benzene rings is 1. The van der Waals surface area contributed by atoms with Crippen LogP contribution in [0.25, 0.3) is 0 Å². The second-order valence-electron chi connectivity index (χ2n) is 3.32. The zero-order valence-corrected chi connectivity index (χ0v) is 10.3. The zero-order chi connectivity index (χ0) is 13.9. The van der Waals surface area contributed by atoms with Gasteiger partial charge in [0.1, 0.15) is 10.3 Å². The highest BCUT2D eigenvalue weighted by Gasteiger charge is 2.21. The molecular weight excluding hydrogens is 284 g/mol. The highest BCUT2D eigenvalue weighted by molar-refractivity contribution is 7.85. The number of halogens is 1. The number of non-ortho nitro benzene ring substituents is 1. The van der Waals surface area contributed by atoms with E-state index in [4.69, 9.17) is 21.4 Å². The van der Waals surface area contributed by atoms with Gasteiger partial charge in [0.2, 0.25) is 0 Å². The number of hydrogen-bond donors (Lipinski definition) is 1. The van der Waals surface area contributed by atoms with E-state index in [1.165, 1.54) is 0 Å². The average molecular weight is 291 g/mol. The van der Waals surface area contributed by atoms with Crippen LogP contribution in [0.1, 0.15) is 5.56 Å². The molecule has 0 bridgehead atoms. The van der Waals surface area contributed by atoms with Gasteiger partial charge in [-0.1, -0.05) is 6.07 Å². The van der Waals surface area contributed by atoms with E-state index in [0.29, 0.717) is 0 Å². The SMILES string of the molecule is N#CC(Cl)Cc1ccc([N+](=O)[O-])cc1S(=O)(=O)O. The van der Waals surface area contributed by atoms with Gasteiger partial charge in [-0.25, -0.2) is 0 Å². The van der Waals surface area contributed by atoms with Gasteiger partial charge in [0.05, 0.1) is 11.0 Å². The van der Waals surface area contributed by atoms with Crippen LogP contribution in [0.4, 0.5) is 5.69 Å². The Hall–Kier alpha value is -1.69. The van der Waals surface area contributed by atoms with Gasteiger partial charge in [0.25, 0.3) is 15.8 Å². The van der Waals surface area contributed by atoms with E-state index in [-0.39, 0.29) is 12.0 Å². The van der Waals surface area contributed by atoms with E-state index in [0.717, 1.165) is 18.2 Å². The predicted octanol–water partition coefficient (Wildman–Crippen LogP) is 1.51. The Balaban J connectivity index is 3.36. The number of nitro groups is 1. The molecule has 9 heteroatoms. The molecule has 1 N–H and O–H groups in total. The number of alkyl halides is 1. The Morgan fingerprint density at radius 1 is 1.56 bits per heavy atom. The van der Waals surface area contributed by atoms with Gasteiger partial charge in [0, 0.05) is 18.6 Å². The van der Waals surface area contributed by atoms with Crippen molar-refractivity contribution >= 4 is 27.4 Å². The maximum Gasteiger partial charge on any atom is 0.295 e. The third-order valence-corrected chi connectivity index (χ3v) is 3.27. The first-order valence-corrected chi connectivity index (χ1v) is 6.42. The molecule has 0 aliphatic carbocycles. The van der Waals surface area contributed by atoms with Crippen molar-refractivity contribution in [2.24, 2.45) is 0 Å². The fourth-order valence-electron chi connectivity index (χ4n) is 1.30. The highest BCUT2D eigenvalue weighted by atomic mass is 35.5. The van der Waals surface area contributed by atoms with Crippen LogP contribution in [0.5, 0.6) is 0 Å². The minimum absolute atomic E-state index is 0.0460. The quantitative estimate of drug-likeness (QED) is 0.388. The number of rotatable bonds is 4. The maximum atomic E-state index is 11.1. The number of nitriles is 1. The first-order chi connectivity index (χ1) is 8.25. The van der Waals surface area contributed by atoms with Gasteiger partial charge in [0.15, 0.2) is 0 Å². The minimum atomic E-state index is -4.62. The van der Waals surface area contributed by atoms with Crippen molar-refractivity contribution in [1.29, 1.82) is 5.26 Å². The molecule has 0 aliphatic rings. The minimum Gasteiger partial charge on any atom is -0.282 e. The largest absolute Gasteiger partial charge is 0.295 e. The Bertz CT molecular complexity index is 622. The molecule has 0 spiro atoms. The van der Waals surface area contributed by atoms with Crippen molar-refractivity contribution in [2.45, 2.75) is 16.7 Å². The molecule has 0 aliphatic heterocycles. The first kappa shape index (κ1) is 14.4. The Morgan fingerprint density at radius 2 is 2.17 bits per heavy atom. The Labute approximate surface area is 108 Å². The standard InChI is InChI=1S/C9H7ClN2O5S/c10-7(5-11)3-6-1-2-8(12(13)14)4-9(6)18(15,16)17/h1-2,4,7H,3H2,(H,15,16,17). The van der Waals surface area contributed by atoms with Crippen LogP contribution in [0.2, 0.25) is 0 Å². The normalized spacial score (nSPS) is 12.7. The topological polar surface area (TPSA) is 121 Å².